The number of sulfonamides is 1. The van der Waals surface area contributed by atoms with Crippen LogP contribution in [-0.2, 0) is 14.8 Å². The highest BCUT2D eigenvalue weighted by Crippen LogP contribution is 2.29. The van der Waals surface area contributed by atoms with E-state index in [-0.39, 0.29) is 24.5 Å². The summed E-state index contributed by atoms with van der Waals surface area (Å²) in [7, 11) is -3.61. The first-order valence-corrected chi connectivity index (χ1v) is 9.44. The van der Waals surface area contributed by atoms with E-state index in [4.69, 9.17) is 27.7 Å². The number of aromatic nitrogens is 1. The summed E-state index contributed by atoms with van der Waals surface area (Å²) in [6.07, 6.45) is 0.917. The van der Waals surface area contributed by atoms with E-state index in [0.717, 1.165) is 10.6 Å². The summed E-state index contributed by atoms with van der Waals surface area (Å²) in [5.41, 5.74) is 0.286. The maximum absolute atomic E-state index is 12.1. The zero-order chi connectivity index (χ0) is 17.9. The van der Waals surface area contributed by atoms with Crippen LogP contribution in [0.2, 0.25) is 10.0 Å². The Hall–Kier alpha value is -1.77. The van der Waals surface area contributed by atoms with Crippen LogP contribution in [0.3, 0.4) is 0 Å². The molecule has 0 fully saturated rings. The third-order valence-electron chi connectivity index (χ3n) is 3.04. The van der Waals surface area contributed by atoms with Crippen molar-refractivity contribution in [3.05, 3.63) is 40.1 Å². The minimum absolute atomic E-state index is 0.0985. The number of benzene rings is 1. The molecule has 0 bridgehead atoms. The molecule has 0 atom stereocenters. The first-order chi connectivity index (χ1) is 11.2. The Morgan fingerprint density at radius 1 is 1.33 bits per heavy atom. The van der Waals surface area contributed by atoms with Crippen LogP contribution in [0, 0.1) is 6.92 Å². The molecule has 0 aliphatic heterocycles. The fourth-order valence-corrected chi connectivity index (χ4v) is 3.28. The van der Waals surface area contributed by atoms with Gasteiger partial charge < -0.3 is 9.84 Å². The summed E-state index contributed by atoms with van der Waals surface area (Å²) >= 11 is 12.0. The van der Waals surface area contributed by atoms with E-state index >= 15 is 0 Å². The lowest BCUT2D eigenvalue weighted by atomic mass is 10.3. The molecule has 7 nitrogen and oxygen atoms in total. The highest BCUT2D eigenvalue weighted by molar-refractivity contribution is 7.92. The molecule has 0 aliphatic carbocycles. The van der Waals surface area contributed by atoms with Crippen LogP contribution in [0.1, 0.15) is 12.2 Å². The molecule has 130 valence electrons. The van der Waals surface area contributed by atoms with Crippen LogP contribution in [0.5, 0.6) is 0 Å². The van der Waals surface area contributed by atoms with Crippen molar-refractivity contribution in [3.8, 4) is 0 Å². The quantitative estimate of drug-likeness (QED) is 0.816. The number of nitrogens with one attached hydrogen (secondary N) is 1. The Labute approximate surface area is 149 Å². The average Bonchev–Trinajstić information content (AvgIpc) is 2.88. The molecular weight excluding hydrogens is 377 g/mol. The first kappa shape index (κ1) is 18.6. The highest BCUT2D eigenvalue weighted by atomic mass is 35.5. The van der Waals surface area contributed by atoms with Gasteiger partial charge in [-0.1, -0.05) is 34.4 Å². The Bertz CT molecular complexity index is 831. The van der Waals surface area contributed by atoms with Gasteiger partial charge in [0.25, 0.3) is 0 Å². The fourth-order valence-electron chi connectivity index (χ4n) is 1.94. The second-order valence-electron chi connectivity index (χ2n) is 5.03. The third kappa shape index (κ3) is 4.62. The molecule has 0 aliphatic rings. The molecule has 0 spiro atoms. The molecule has 24 heavy (non-hydrogen) atoms. The maximum Gasteiger partial charge on any atom is 0.233 e. The van der Waals surface area contributed by atoms with Gasteiger partial charge in [0.2, 0.25) is 15.9 Å². The Morgan fingerprint density at radius 3 is 2.46 bits per heavy atom. The van der Waals surface area contributed by atoms with E-state index in [1.807, 2.05) is 0 Å². The Morgan fingerprint density at radius 2 is 1.96 bits per heavy atom. The van der Waals surface area contributed by atoms with Crippen molar-refractivity contribution in [3.63, 3.8) is 0 Å². The van der Waals surface area contributed by atoms with E-state index in [2.05, 4.69) is 10.5 Å². The maximum atomic E-state index is 12.1. The van der Waals surface area contributed by atoms with Crippen LogP contribution in [0.25, 0.3) is 0 Å². The Balaban J connectivity index is 2.08. The first-order valence-electron chi connectivity index (χ1n) is 6.83. The number of anilines is 2. The van der Waals surface area contributed by atoms with E-state index in [9.17, 15) is 13.2 Å². The van der Waals surface area contributed by atoms with Crippen molar-refractivity contribution < 1.29 is 17.7 Å². The minimum Gasteiger partial charge on any atom is -0.360 e. The van der Waals surface area contributed by atoms with Gasteiger partial charge in [-0.05, 0) is 19.1 Å². The van der Waals surface area contributed by atoms with Gasteiger partial charge in [-0.15, -0.1) is 0 Å². The minimum atomic E-state index is -3.61. The number of amides is 1. The number of rotatable bonds is 6. The number of para-hydroxylation sites is 1. The smallest absolute Gasteiger partial charge is 0.233 e. The van der Waals surface area contributed by atoms with Crippen LogP contribution in [-0.4, -0.2) is 32.3 Å². The number of carbonyl (C=O) groups excluding carboxylic acids is 1. The molecule has 1 aromatic carbocycles. The zero-order valence-corrected chi connectivity index (χ0v) is 15.2. The molecule has 10 heteroatoms. The van der Waals surface area contributed by atoms with E-state index in [1.54, 1.807) is 25.1 Å². The lowest BCUT2D eigenvalue weighted by Crippen LogP contribution is -2.33. The standard InChI is InChI=1S/C14H15Cl2N3O4S/c1-9-8-12(18-23-9)19(24(2,21)22)7-6-13(20)17-14-10(15)4-3-5-11(14)16/h3-5,8H,6-7H2,1-2H3,(H,17,20). The molecular formula is C14H15Cl2N3O4S. The largest absolute Gasteiger partial charge is 0.360 e. The second kappa shape index (κ2) is 7.42. The number of halogens is 2. The van der Waals surface area contributed by atoms with E-state index in [1.165, 1.54) is 6.07 Å². The summed E-state index contributed by atoms with van der Waals surface area (Å²) in [6.45, 7) is 1.54. The number of hydrogen-bond acceptors (Lipinski definition) is 5. The molecule has 1 N–H and O–H groups in total. The van der Waals surface area contributed by atoms with Crippen LogP contribution in [0.4, 0.5) is 11.5 Å². The van der Waals surface area contributed by atoms with Crippen molar-refractivity contribution in [1.29, 1.82) is 0 Å². The summed E-state index contributed by atoms with van der Waals surface area (Å²) in [5.74, 6) is 0.156. The molecule has 0 saturated carbocycles. The van der Waals surface area contributed by atoms with Gasteiger partial charge in [0.15, 0.2) is 5.82 Å². The third-order valence-corrected chi connectivity index (χ3v) is 4.84. The van der Waals surface area contributed by atoms with Crippen molar-refractivity contribution in [1.82, 2.24) is 5.16 Å². The fraction of sp³-hybridized carbons (Fsp3) is 0.286. The second-order valence-corrected chi connectivity index (χ2v) is 7.75. The monoisotopic (exact) mass is 391 g/mol. The van der Waals surface area contributed by atoms with Gasteiger partial charge in [-0.3, -0.25) is 9.10 Å². The molecule has 1 amide bonds. The van der Waals surface area contributed by atoms with Crippen molar-refractivity contribution >= 4 is 50.6 Å². The van der Waals surface area contributed by atoms with Gasteiger partial charge in [-0.25, -0.2) is 8.42 Å². The van der Waals surface area contributed by atoms with Crippen LogP contribution >= 0.6 is 23.2 Å². The van der Waals surface area contributed by atoms with Crippen molar-refractivity contribution in [2.75, 3.05) is 22.4 Å². The number of aryl methyl sites for hydroxylation is 1. The molecule has 2 rings (SSSR count). The van der Waals surface area contributed by atoms with Crippen LogP contribution in [0.15, 0.2) is 28.8 Å². The van der Waals surface area contributed by atoms with E-state index < -0.39 is 15.9 Å². The predicted molar refractivity (Wildman–Crippen MR) is 93.1 cm³/mol. The van der Waals surface area contributed by atoms with Gasteiger partial charge in [0.05, 0.1) is 22.0 Å². The number of nitrogens with zero attached hydrogens (tertiary/aromatic N) is 2. The molecule has 0 unspecified atom stereocenters. The molecule has 1 heterocycles. The molecule has 0 saturated heterocycles. The molecule has 0 radical (unpaired) electrons. The highest BCUT2D eigenvalue weighted by Gasteiger charge is 2.22. The summed E-state index contributed by atoms with van der Waals surface area (Å²) in [5, 5.41) is 6.83. The van der Waals surface area contributed by atoms with Gasteiger partial charge in [0, 0.05) is 19.0 Å². The summed E-state index contributed by atoms with van der Waals surface area (Å²) in [4.78, 5) is 12.1. The normalized spacial score (nSPS) is 11.3. The topological polar surface area (TPSA) is 92.5 Å². The number of carbonyl (C=O) groups is 1. The Kier molecular flexibility index (Phi) is 5.74. The lowest BCUT2D eigenvalue weighted by molar-refractivity contribution is -0.116. The van der Waals surface area contributed by atoms with Crippen molar-refractivity contribution in [2.24, 2.45) is 0 Å². The van der Waals surface area contributed by atoms with Gasteiger partial charge in [-0.2, -0.15) is 0 Å². The predicted octanol–water partition coefficient (Wildman–Crippen LogP) is 3.08. The summed E-state index contributed by atoms with van der Waals surface area (Å²) in [6, 6.07) is 6.30. The zero-order valence-electron chi connectivity index (χ0n) is 12.9. The SMILES string of the molecule is Cc1cc(N(CCC(=O)Nc2c(Cl)cccc2Cl)S(C)(=O)=O)no1. The molecule has 2 aromatic rings. The summed E-state index contributed by atoms with van der Waals surface area (Å²) < 4.78 is 29.7. The van der Waals surface area contributed by atoms with Crippen molar-refractivity contribution in [2.45, 2.75) is 13.3 Å². The van der Waals surface area contributed by atoms with E-state index in [0.29, 0.717) is 15.8 Å². The molecule has 1 aromatic heterocycles. The number of hydrogen-bond donors (Lipinski definition) is 1. The average molecular weight is 392 g/mol. The van der Waals surface area contributed by atoms with Gasteiger partial charge >= 0.3 is 0 Å². The van der Waals surface area contributed by atoms with Crippen LogP contribution < -0.4 is 9.62 Å². The van der Waals surface area contributed by atoms with Gasteiger partial charge in [0.1, 0.15) is 5.76 Å². The lowest BCUT2D eigenvalue weighted by Gasteiger charge is -2.18.